The van der Waals surface area contributed by atoms with E-state index in [2.05, 4.69) is 26.3 Å². The van der Waals surface area contributed by atoms with Gasteiger partial charge in [-0.2, -0.15) is 0 Å². The quantitative estimate of drug-likeness (QED) is 0.173. The summed E-state index contributed by atoms with van der Waals surface area (Å²) in [4.78, 5) is 1.62. The Labute approximate surface area is 269 Å². The summed E-state index contributed by atoms with van der Waals surface area (Å²) in [7, 11) is -9.18. The van der Waals surface area contributed by atoms with E-state index in [9.17, 15) is 21.4 Å². The van der Waals surface area contributed by atoms with Crippen LogP contribution >= 0.6 is 0 Å². The second-order valence-electron chi connectivity index (χ2n) is 13.0. The summed E-state index contributed by atoms with van der Waals surface area (Å²) in [6.45, 7) is 4.38. The van der Waals surface area contributed by atoms with Crippen LogP contribution in [0, 0.1) is 0 Å². The lowest BCUT2D eigenvalue weighted by atomic mass is 9.82. The standard InChI is InChI=1S/C34H38N4O6S2/c35-12-5-13-36-45(39,40)23-10-11-24(29(20-23)46(41,42)43)30-27-18-21-6-1-14-37-16-3-8-25(31(21)37)33(27)44-34-26-9-4-17-38-15-2-7-22(32(26)38)19-28(30)34/h10-11,18-20,36H,1-9,12-17,35H2. The molecule has 242 valence electrons. The van der Waals surface area contributed by atoms with Crippen LogP contribution in [0.15, 0.2) is 40.1 Å². The highest BCUT2D eigenvalue weighted by molar-refractivity contribution is 7.89. The number of nitrogens with one attached hydrogen (secondary N) is 1. The molecular formula is C34H38N4O6S2. The van der Waals surface area contributed by atoms with Gasteiger partial charge >= 0.3 is 0 Å². The molecule has 10 nitrogen and oxygen atoms in total. The SMILES string of the molecule is NCCCNS(=O)(=O)c1ccc(C2=c3cc4c5c(c3Oc3c2cc2c6c3CCCN6CCC2)CCC[N+]=5CCC4)c(S(=O)(=O)[O-])c1. The first kappa shape index (κ1) is 30.1. The summed E-state index contributed by atoms with van der Waals surface area (Å²) in [6, 6.07) is 8.15. The minimum absolute atomic E-state index is 0.102. The van der Waals surface area contributed by atoms with Gasteiger partial charge in [0.05, 0.1) is 15.4 Å². The van der Waals surface area contributed by atoms with E-state index in [1.165, 1.54) is 34.3 Å². The molecule has 0 bridgehead atoms. The van der Waals surface area contributed by atoms with E-state index >= 15 is 0 Å². The molecule has 5 aliphatic heterocycles. The molecule has 8 rings (SSSR count). The molecule has 3 aromatic carbocycles. The van der Waals surface area contributed by atoms with Crippen molar-refractivity contribution in [3.8, 4) is 11.5 Å². The zero-order valence-electron chi connectivity index (χ0n) is 25.7. The fourth-order valence-electron chi connectivity index (χ4n) is 8.28. The van der Waals surface area contributed by atoms with Gasteiger partial charge in [-0.15, -0.1) is 0 Å². The molecule has 3 aromatic rings. The van der Waals surface area contributed by atoms with E-state index in [4.69, 9.17) is 10.5 Å². The lowest BCUT2D eigenvalue weighted by Crippen LogP contribution is -2.45. The molecule has 5 aliphatic rings. The predicted molar refractivity (Wildman–Crippen MR) is 174 cm³/mol. The normalized spacial score (nSPS) is 18.3. The van der Waals surface area contributed by atoms with Crippen LogP contribution in [0.5, 0.6) is 11.5 Å². The number of nitrogens with zero attached hydrogens (tertiary/aromatic N) is 2. The number of benzene rings is 3. The lowest BCUT2D eigenvalue weighted by molar-refractivity contribution is 0.431. The van der Waals surface area contributed by atoms with E-state index in [-0.39, 0.29) is 17.0 Å². The van der Waals surface area contributed by atoms with Crippen molar-refractivity contribution >= 4 is 31.4 Å². The minimum atomic E-state index is -5.10. The van der Waals surface area contributed by atoms with Crippen molar-refractivity contribution in [2.45, 2.75) is 67.6 Å². The van der Waals surface area contributed by atoms with Gasteiger partial charge in [-0.05, 0) is 81.3 Å². The number of hydrogen-bond donors (Lipinski definition) is 2. The van der Waals surface area contributed by atoms with Crippen molar-refractivity contribution in [1.29, 1.82) is 0 Å². The van der Waals surface area contributed by atoms with Crippen LogP contribution in [-0.4, -0.2) is 60.7 Å². The predicted octanol–water partition coefficient (Wildman–Crippen LogP) is 1.65. The Balaban J connectivity index is 1.46. The van der Waals surface area contributed by atoms with E-state index < -0.39 is 25.0 Å². The maximum Gasteiger partial charge on any atom is 0.240 e. The number of hydrogen-bond acceptors (Lipinski definition) is 8. The lowest BCUT2D eigenvalue weighted by Gasteiger charge is -2.39. The van der Waals surface area contributed by atoms with Crippen LogP contribution in [0.1, 0.15) is 65.5 Å². The van der Waals surface area contributed by atoms with Crippen molar-refractivity contribution in [1.82, 2.24) is 9.30 Å². The van der Waals surface area contributed by atoms with Crippen molar-refractivity contribution < 1.29 is 26.1 Å². The second-order valence-corrected chi connectivity index (χ2v) is 16.1. The molecule has 0 unspecified atom stereocenters. The average Bonchev–Trinajstić information content (AvgIpc) is 3.04. The number of fused-ring (bicyclic) bond motifs is 4. The van der Waals surface area contributed by atoms with Crippen molar-refractivity contribution in [2.75, 3.05) is 44.2 Å². The van der Waals surface area contributed by atoms with Crippen LogP contribution in [-0.2, 0) is 45.8 Å². The van der Waals surface area contributed by atoms with Gasteiger partial charge in [-0.3, -0.25) is 0 Å². The maximum atomic E-state index is 13.1. The summed E-state index contributed by atoms with van der Waals surface area (Å²) >= 11 is 0. The van der Waals surface area contributed by atoms with Gasteiger partial charge in [-0.25, -0.2) is 26.1 Å². The molecule has 0 aromatic heterocycles. The third-order valence-electron chi connectivity index (χ3n) is 10.2. The first-order valence-electron chi connectivity index (χ1n) is 16.4. The van der Waals surface area contributed by atoms with E-state index in [0.717, 1.165) is 117 Å². The highest BCUT2D eigenvalue weighted by atomic mass is 32.2. The molecule has 0 fully saturated rings. The summed E-state index contributed by atoms with van der Waals surface area (Å²) in [5.41, 5.74) is 13.0. The molecule has 0 saturated heterocycles. The average molecular weight is 663 g/mol. The zero-order chi connectivity index (χ0) is 31.8. The van der Waals surface area contributed by atoms with Gasteiger partial charge < -0.3 is 19.9 Å². The highest BCUT2D eigenvalue weighted by Gasteiger charge is 2.36. The van der Waals surface area contributed by atoms with Crippen molar-refractivity contribution in [2.24, 2.45) is 5.73 Å². The molecule has 0 aliphatic carbocycles. The van der Waals surface area contributed by atoms with E-state index in [0.29, 0.717) is 18.5 Å². The Morgan fingerprint density at radius 2 is 1.61 bits per heavy atom. The van der Waals surface area contributed by atoms with Gasteiger partial charge in [0.2, 0.25) is 15.4 Å². The number of anilines is 1. The van der Waals surface area contributed by atoms with Gasteiger partial charge in [0.1, 0.15) is 34.7 Å². The maximum absolute atomic E-state index is 13.1. The van der Waals surface area contributed by atoms with Crippen molar-refractivity contribution in [3.63, 3.8) is 0 Å². The van der Waals surface area contributed by atoms with Crippen LogP contribution in [0.25, 0.3) is 5.57 Å². The highest BCUT2D eigenvalue weighted by Crippen LogP contribution is 2.49. The molecular weight excluding hydrogens is 625 g/mol. The Morgan fingerprint density at radius 3 is 2.39 bits per heavy atom. The van der Waals surface area contributed by atoms with Crippen LogP contribution < -0.4 is 35.2 Å². The smallest absolute Gasteiger partial charge is 0.240 e. The molecule has 3 N–H and O–H groups in total. The summed E-state index contributed by atoms with van der Waals surface area (Å²) < 4.78 is 77.3. The summed E-state index contributed by atoms with van der Waals surface area (Å²) in [6.07, 6.45) is 7.93. The number of sulfonamides is 1. The van der Waals surface area contributed by atoms with Gasteiger partial charge in [0.15, 0.2) is 0 Å². The minimum Gasteiger partial charge on any atom is -0.744 e. The van der Waals surface area contributed by atoms with Crippen LogP contribution in [0.4, 0.5) is 5.69 Å². The number of ether oxygens (including phenoxy) is 1. The zero-order valence-corrected chi connectivity index (χ0v) is 27.4. The summed E-state index contributed by atoms with van der Waals surface area (Å²) in [5, 5.41) is 2.00. The third kappa shape index (κ3) is 4.79. The van der Waals surface area contributed by atoms with E-state index in [1.807, 2.05) is 0 Å². The number of aryl methyl sites for hydroxylation is 2. The summed E-state index contributed by atoms with van der Waals surface area (Å²) in [5.74, 6) is 1.46. The van der Waals surface area contributed by atoms with Gasteiger partial charge in [-0.1, -0.05) is 6.07 Å². The fourth-order valence-corrected chi connectivity index (χ4v) is 10.2. The molecule has 0 spiro atoms. The number of nitrogens with two attached hydrogens (primary N) is 1. The molecule has 46 heavy (non-hydrogen) atoms. The molecule has 0 radical (unpaired) electrons. The van der Waals surface area contributed by atoms with Crippen molar-refractivity contribution in [3.05, 3.63) is 74.3 Å². The van der Waals surface area contributed by atoms with Crippen LogP contribution in [0.3, 0.4) is 0 Å². The Kier molecular flexibility index (Phi) is 7.29. The molecule has 0 saturated carbocycles. The Hall–Kier alpha value is -3.29. The van der Waals surface area contributed by atoms with E-state index in [1.54, 1.807) is 0 Å². The first-order chi connectivity index (χ1) is 22.2. The Bertz CT molecular complexity index is 2160. The largest absolute Gasteiger partial charge is 0.744 e. The first-order valence-corrected chi connectivity index (χ1v) is 19.3. The third-order valence-corrected chi connectivity index (χ3v) is 12.5. The molecule has 5 heterocycles. The van der Waals surface area contributed by atoms with Gasteiger partial charge in [0.25, 0.3) is 0 Å². The molecule has 12 heteroatoms. The fraction of sp³-hybridized carbons (Fsp3) is 0.441. The van der Waals surface area contributed by atoms with Crippen LogP contribution in [0.2, 0.25) is 0 Å². The monoisotopic (exact) mass is 662 g/mol. The Morgan fingerprint density at radius 1 is 0.870 bits per heavy atom. The number of rotatable bonds is 7. The topological polar surface area (TPSA) is 145 Å². The second kappa shape index (κ2) is 11.2. The van der Waals surface area contributed by atoms with Gasteiger partial charge in [0, 0.05) is 71.2 Å². The molecule has 0 amide bonds. The molecule has 0 atom stereocenters.